The molecule has 2 aromatic rings. The van der Waals surface area contributed by atoms with Gasteiger partial charge in [0.05, 0.1) is 0 Å². The number of aldehydes is 1. The summed E-state index contributed by atoms with van der Waals surface area (Å²) >= 11 is 0. The summed E-state index contributed by atoms with van der Waals surface area (Å²) in [5.74, 6) is 0.352. The second-order valence-corrected chi connectivity index (χ2v) is 4.25. The fourth-order valence-electron chi connectivity index (χ4n) is 1.88. The zero-order valence-electron chi connectivity index (χ0n) is 10.5. The minimum Gasteiger partial charge on any atom is -0.508 e. The largest absolute Gasteiger partial charge is 0.508 e. The zero-order valence-corrected chi connectivity index (χ0v) is 10.5. The van der Waals surface area contributed by atoms with Crippen molar-refractivity contribution in [3.05, 3.63) is 59.7 Å². The van der Waals surface area contributed by atoms with E-state index in [-0.39, 0.29) is 11.5 Å². The van der Waals surface area contributed by atoms with Crippen molar-refractivity contribution in [1.29, 1.82) is 0 Å². The molecule has 0 saturated heterocycles. The molecule has 0 aromatic heterocycles. The topological polar surface area (TPSA) is 57.5 Å². The fraction of sp³-hybridized carbons (Fsp3) is 0.0625. The van der Waals surface area contributed by atoms with E-state index in [0.29, 0.717) is 5.57 Å². The molecule has 2 rings (SSSR count). The number of hydrogen-bond donors (Lipinski definition) is 2. The molecule has 0 fully saturated rings. The maximum Gasteiger partial charge on any atom is 0.150 e. The van der Waals surface area contributed by atoms with Gasteiger partial charge in [-0.1, -0.05) is 24.3 Å². The Hall–Kier alpha value is -2.55. The van der Waals surface area contributed by atoms with Gasteiger partial charge in [-0.05, 0) is 47.9 Å². The number of carbonyl (C=O) groups excluding carboxylic acids is 1. The van der Waals surface area contributed by atoms with Crippen molar-refractivity contribution in [3.8, 4) is 11.5 Å². The number of phenolic OH excluding ortho intramolecular Hbond substituents is 2. The van der Waals surface area contributed by atoms with Gasteiger partial charge in [0.15, 0.2) is 6.29 Å². The van der Waals surface area contributed by atoms with E-state index < -0.39 is 0 Å². The molecule has 0 bridgehead atoms. The third-order valence-corrected chi connectivity index (χ3v) is 3.00. The van der Waals surface area contributed by atoms with Gasteiger partial charge in [-0.25, -0.2) is 0 Å². The van der Waals surface area contributed by atoms with Crippen molar-refractivity contribution in [2.75, 3.05) is 0 Å². The monoisotopic (exact) mass is 254 g/mol. The van der Waals surface area contributed by atoms with E-state index in [1.807, 2.05) is 6.92 Å². The standard InChI is InChI=1S/C16H14O3/c1-11(12-2-6-14(18)7-3-12)16(10-17)13-4-8-15(19)9-5-13/h2-10,18-19H,1H3. The summed E-state index contributed by atoms with van der Waals surface area (Å²) in [5, 5.41) is 18.5. The summed E-state index contributed by atoms with van der Waals surface area (Å²) in [6.45, 7) is 1.85. The molecule has 0 aliphatic rings. The Bertz CT molecular complexity index is 607. The second kappa shape index (κ2) is 5.40. The lowest BCUT2D eigenvalue weighted by Gasteiger charge is -2.08. The summed E-state index contributed by atoms with van der Waals surface area (Å²) in [7, 11) is 0. The Labute approximate surface area is 111 Å². The smallest absolute Gasteiger partial charge is 0.150 e. The van der Waals surface area contributed by atoms with Gasteiger partial charge in [-0.3, -0.25) is 4.79 Å². The minimum absolute atomic E-state index is 0.163. The highest BCUT2D eigenvalue weighted by Gasteiger charge is 2.07. The maximum absolute atomic E-state index is 11.3. The maximum atomic E-state index is 11.3. The van der Waals surface area contributed by atoms with Crippen LogP contribution < -0.4 is 0 Å². The number of aromatic hydroxyl groups is 2. The number of phenols is 2. The molecule has 0 aliphatic carbocycles. The van der Waals surface area contributed by atoms with Crippen molar-refractivity contribution >= 4 is 17.4 Å². The average Bonchev–Trinajstić information content (AvgIpc) is 2.42. The lowest BCUT2D eigenvalue weighted by atomic mass is 9.96. The first-order valence-corrected chi connectivity index (χ1v) is 5.86. The van der Waals surface area contributed by atoms with E-state index in [2.05, 4.69) is 0 Å². The third-order valence-electron chi connectivity index (χ3n) is 3.00. The Morgan fingerprint density at radius 2 is 1.26 bits per heavy atom. The van der Waals surface area contributed by atoms with Crippen LogP contribution in [0.4, 0.5) is 0 Å². The van der Waals surface area contributed by atoms with E-state index >= 15 is 0 Å². The summed E-state index contributed by atoms with van der Waals surface area (Å²) in [6.07, 6.45) is 0.800. The van der Waals surface area contributed by atoms with Gasteiger partial charge >= 0.3 is 0 Å². The van der Waals surface area contributed by atoms with Gasteiger partial charge in [0.2, 0.25) is 0 Å². The second-order valence-electron chi connectivity index (χ2n) is 4.25. The van der Waals surface area contributed by atoms with Crippen LogP contribution in [0, 0.1) is 0 Å². The normalized spacial score (nSPS) is 11.8. The zero-order chi connectivity index (χ0) is 13.8. The number of rotatable bonds is 3. The Balaban J connectivity index is 2.49. The van der Waals surface area contributed by atoms with Crippen LogP contribution in [0.25, 0.3) is 11.1 Å². The number of allylic oxidation sites excluding steroid dienone is 2. The quantitative estimate of drug-likeness (QED) is 0.502. The van der Waals surface area contributed by atoms with Crippen molar-refractivity contribution in [1.82, 2.24) is 0 Å². The van der Waals surface area contributed by atoms with Crippen LogP contribution in [0.1, 0.15) is 18.1 Å². The predicted molar refractivity (Wildman–Crippen MR) is 74.8 cm³/mol. The summed E-state index contributed by atoms with van der Waals surface area (Å²) in [4.78, 5) is 11.3. The molecule has 0 atom stereocenters. The van der Waals surface area contributed by atoms with Gasteiger partial charge in [0.1, 0.15) is 11.5 Å². The molecule has 0 spiro atoms. The van der Waals surface area contributed by atoms with Crippen LogP contribution in [0.15, 0.2) is 48.5 Å². The first kappa shape index (κ1) is 12.9. The van der Waals surface area contributed by atoms with Crippen molar-refractivity contribution < 1.29 is 15.0 Å². The predicted octanol–water partition coefficient (Wildman–Crippen LogP) is 3.23. The molecule has 3 nitrogen and oxygen atoms in total. The van der Waals surface area contributed by atoms with E-state index in [4.69, 9.17) is 0 Å². The molecule has 19 heavy (non-hydrogen) atoms. The summed E-state index contributed by atoms with van der Waals surface area (Å²) < 4.78 is 0. The van der Waals surface area contributed by atoms with Gasteiger partial charge < -0.3 is 10.2 Å². The van der Waals surface area contributed by atoms with Crippen LogP contribution in [0.2, 0.25) is 0 Å². The van der Waals surface area contributed by atoms with Crippen molar-refractivity contribution in [2.45, 2.75) is 6.92 Å². The molecular formula is C16H14O3. The highest BCUT2D eigenvalue weighted by Crippen LogP contribution is 2.26. The molecular weight excluding hydrogens is 240 g/mol. The lowest BCUT2D eigenvalue weighted by Crippen LogP contribution is -1.91. The molecule has 0 radical (unpaired) electrons. The van der Waals surface area contributed by atoms with Gasteiger partial charge in [-0.2, -0.15) is 0 Å². The molecule has 0 aliphatic heterocycles. The molecule has 96 valence electrons. The Kier molecular flexibility index (Phi) is 3.66. The highest BCUT2D eigenvalue weighted by atomic mass is 16.3. The molecule has 0 unspecified atom stereocenters. The van der Waals surface area contributed by atoms with Crippen LogP contribution >= 0.6 is 0 Å². The first-order valence-electron chi connectivity index (χ1n) is 5.86. The van der Waals surface area contributed by atoms with Gasteiger partial charge in [-0.15, -0.1) is 0 Å². The minimum atomic E-state index is 0.163. The molecule has 0 heterocycles. The lowest BCUT2D eigenvalue weighted by molar-refractivity contribution is -0.103. The van der Waals surface area contributed by atoms with Gasteiger partial charge in [0.25, 0.3) is 0 Å². The average molecular weight is 254 g/mol. The molecule has 2 N–H and O–H groups in total. The van der Waals surface area contributed by atoms with Crippen LogP contribution in [0.3, 0.4) is 0 Å². The molecule has 0 amide bonds. The van der Waals surface area contributed by atoms with Crippen molar-refractivity contribution in [3.63, 3.8) is 0 Å². The van der Waals surface area contributed by atoms with Crippen molar-refractivity contribution in [2.24, 2.45) is 0 Å². The molecule has 0 saturated carbocycles. The molecule has 3 heteroatoms. The number of hydrogen-bond acceptors (Lipinski definition) is 3. The highest BCUT2D eigenvalue weighted by molar-refractivity contribution is 6.16. The Morgan fingerprint density at radius 1 is 0.842 bits per heavy atom. The van der Waals surface area contributed by atoms with E-state index in [0.717, 1.165) is 23.0 Å². The summed E-state index contributed by atoms with van der Waals surface area (Å²) in [6, 6.07) is 13.2. The van der Waals surface area contributed by atoms with E-state index in [1.165, 1.54) is 0 Å². The van der Waals surface area contributed by atoms with E-state index in [1.54, 1.807) is 48.5 Å². The number of carbonyl (C=O) groups is 1. The summed E-state index contributed by atoms with van der Waals surface area (Å²) in [5.41, 5.74) is 3.00. The van der Waals surface area contributed by atoms with E-state index in [9.17, 15) is 15.0 Å². The first-order chi connectivity index (χ1) is 9.11. The van der Waals surface area contributed by atoms with Crippen LogP contribution in [-0.2, 0) is 4.79 Å². The molecule has 2 aromatic carbocycles. The Morgan fingerprint density at radius 3 is 1.68 bits per heavy atom. The van der Waals surface area contributed by atoms with Crippen LogP contribution in [-0.4, -0.2) is 16.5 Å². The third kappa shape index (κ3) is 2.83. The SMILES string of the molecule is CC(=C(C=O)c1ccc(O)cc1)c1ccc(O)cc1. The van der Waals surface area contributed by atoms with Gasteiger partial charge in [0, 0.05) is 5.57 Å². The number of benzene rings is 2. The van der Waals surface area contributed by atoms with Crippen LogP contribution in [0.5, 0.6) is 11.5 Å². The fourth-order valence-corrected chi connectivity index (χ4v) is 1.88.